The van der Waals surface area contributed by atoms with E-state index in [1.165, 1.54) is 19.3 Å². The molecule has 26 heavy (non-hydrogen) atoms. The maximum Gasteiger partial charge on any atom is 0.157 e. The number of β-amino-alcohol motifs (C(OH)–C–C–N with tert-alkyl or cyclic N) is 1. The third kappa shape index (κ3) is 4.94. The van der Waals surface area contributed by atoms with Crippen molar-refractivity contribution < 1.29 is 9.94 Å². The molecular weight excluding hydrogens is 352 g/mol. The van der Waals surface area contributed by atoms with Crippen molar-refractivity contribution in [1.29, 1.82) is 0 Å². The fraction of sp³-hybridized carbons (Fsp3) is 0.684. The second kappa shape index (κ2) is 9.65. The zero-order valence-corrected chi connectivity index (χ0v) is 16.0. The minimum atomic E-state index is -0.555. The molecule has 0 aliphatic carbocycles. The number of pyridine rings is 1. The number of aromatic nitrogens is 1. The van der Waals surface area contributed by atoms with E-state index in [0.29, 0.717) is 11.7 Å². The predicted octanol–water partition coefficient (Wildman–Crippen LogP) is 2.12. The molecule has 0 saturated carbocycles. The van der Waals surface area contributed by atoms with E-state index in [2.05, 4.69) is 20.4 Å². The molecule has 3 rings (SSSR count). The van der Waals surface area contributed by atoms with Gasteiger partial charge in [-0.1, -0.05) is 29.2 Å². The molecule has 2 aliphatic heterocycles. The number of oxime groups is 1. The van der Waals surface area contributed by atoms with Crippen LogP contribution in [-0.4, -0.2) is 65.6 Å². The van der Waals surface area contributed by atoms with Crippen LogP contribution in [0.25, 0.3) is 0 Å². The number of rotatable bonds is 7. The molecule has 2 saturated heterocycles. The zero-order chi connectivity index (χ0) is 18.2. The zero-order valence-electron chi connectivity index (χ0n) is 15.2. The molecule has 1 aromatic heterocycles. The average molecular weight is 381 g/mol. The molecular formula is C19H29ClN4O2. The van der Waals surface area contributed by atoms with E-state index in [1.54, 1.807) is 6.20 Å². The number of likely N-dealkylation sites (tertiary alicyclic amines) is 1. The SMILES string of the molecule is OC(CO/N=C(\Cl)C1(c2ccccn2)CCNCC1)CN1CCCCC1. The maximum absolute atomic E-state index is 10.2. The van der Waals surface area contributed by atoms with Crippen molar-refractivity contribution in [2.24, 2.45) is 5.16 Å². The highest BCUT2D eigenvalue weighted by molar-refractivity contribution is 6.67. The largest absolute Gasteiger partial charge is 0.392 e. The Morgan fingerprint density at radius 3 is 2.77 bits per heavy atom. The Labute approximate surface area is 160 Å². The lowest BCUT2D eigenvalue weighted by Gasteiger charge is -2.35. The van der Waals surface area contributed by atoms with Crippen molar-refractivity contribution in [1.82, 2.24) is 15.2 Å². The van der Waals surface area contributed by atoms with Crippen LogP contribution in [-0.2, 0) is 10.3 Å². The van der Waals surface area contributed by atoms with Crippen molar-refractivity contribution >= 4 is 16.8 Å². The molecule has 0 amide bonds. The van der Waals surface area contributed by atoms with Crippen molar-refractivity contribution in [3.63, 3.8) is 0 Å². The molecule has 1 aromatic rings. The normalized spacial score (nSPS) is 22.8. The Morgan fingerprint density at radius 2 is 2.08 bits per heavy atom. The minimum absolute atomic E-state index is 0.156. The fourth-order valence-corrected chi connectivity index (χ4v) is 4.16. The Morgan fingerprint density at radius 1 is 1.31 bits per heavy atom. The van der Waals surface area contributed by atoms with Gasteiger partial charge in [-0.15, -0.1) is 0 Å². The highest BCUT2D eigenvalue weighted by atomic mass is 35.5. The summed E-state index contributed by atoms with van der Waals surface area (Å²) in [5.41, 5.74) is 0.513. The van der Waals surface area contributed by atoms with Crippen LogP contribution < -0.4 is 5.32 Å². The van der Waals surface area contributed by atoms with E-state index < -0.39 is 11.5 Å². The number of piperidine rings is 2. The molecule has 0 bridgehead atoms. The van der Waals surface area contributed by atoms with E-state index >= 15 is 0 Å². The molecule has 0 radical (unpaired) electrons. The van der Waals surface area contributed by atoms with Gasteiger partial charge in [-0.3, -0.25) is 4.98 Å². The van der Waals surface area contributed by atoms with Gasteiger partial charge in [0.15, 0.2) is 5.17 Å². The van der Waals surface area contributed by atoms with E-state index in [0.717, 1.165) is 44.7 Å². The van der Waals surface area contributed by atoms with Crippen molar-refractivity contribution in [3.05, 3.63) is 30.1 Å². The molecule has 0 spiro atoms. The highest BCUT2D eigenvalue weighted by Crippen LogP contribution is 2.35. The minimum Gasteiger partial charge on any atom is -0.392 e. The summed E-state index contributed by atoms with van der Waals surface area (Å²) in [5, 5.41) is 18.1. The molecule has 6 nitrogen and oxygen atoms in total. The number of nitrogens with one attached hydrogen (secondary N) is 1. The lowest BCUT2D eigenvalue weighted by Crippen LogP contribution is -2.44. The van der Waals surface area contributed by atoms with Crippen LogP contribution in [0.4, 0.5) is 0 Å². The number of hydrogen-bond donors (Lipinski definition) is 2. The molecule has 144 valence electrons. The highest BCUT2D eigenvalue weighted by Gasteiger charge is 2.40. The topological polar surface area (TPSA) is 70.0 Å². The number of aliphatic hydroxyl groups is 1. The summed E-state index contributed by atoms with van der Waals surface area (Å²) in [6.45, 7) is 4.61. The first kappa shape index (κ1) is 19.5. The quantitative estimate of drug-likeness (QED) is 0.560. The Bertz CT molecular complexity index is 572. The summed E-state index contributed by atoms with van der Waals surface area (Å²) < 4.78 is 0. The second-order valence-corrected chi connectivity index (χ2v) is 7.60. The molecule has 1 atom stereocenters. The van der Waals surface area contributed by atoms with Crippen molar-refractivity contribution in [2.45, 2.75) is 43.6 Å². The molecule has 2 fully saturated rings. The summed E-state index contributed by atoms with van der Waals surface area (Å²) in [6, 6.07) is 5.87. The maximum atomic E-state index is 10.2. The molecule has 1 unspecified atom stereocenters. The number of halogens is 1. The standard InChI is InChI=1S/C19H29ClN4O2/c20-18(23-26-15-16(25)14-24-12-4-1-5-13-24)19(7-10-21-11-8-19)17-6-2-3-9-22-17/h2-3,6,9,16,21,25H,1,4-5,7-8,10-15H2/b23-18-. The lowest BCUT2D eigenvalue weighted by molar-refractivity contribution is 0.0154. The molecule has 2 aliphatic rings. The molecule has 3 heterocycles. The van der Waals surface area contributed by atoms with Gasteiger partial charge in [0.1, 0.15) is 12.7 Å². The molecule has 0 aromatic carbocycles. The molecule has 2 N–H and O–H groups in total. The first-order valence-electron chi connectivity index (χ1n) is 9.59. The van der Waals surface area contributed by atoms with Crippen LogP contribution in [0.15, 0.2) is 29.6 Å². The molecule has 7 heteroatoms. The van der Waals surface area contributed by atoms with E-state index in [-0.39, 0.29) is 6.61 Å². The Kier molecular flexibility index (Phi) is 7.25. The van der Waals surface area contributed by atoms with Crippen LogP contribution in [0.5, 0.6) is 0 Å². The first-order chi connectivity index (χ1) is 12.7. The van der Waals surface area contributed by atoms with E-state index in [4.69, 9.17) is 16.4 Å². The average Bonchev–Trinajstić information content (AvgIpc) is 2.70. The number of hydrogen-bond acceptors (Lipinski definition) is 6. The van der Waals surface area contributed by atoms with E-state index in [9.17, 15) is 5.11 Å². The van der Waals surface area contributed by atoms with Gasteiger partial charge in [0, 0.05) is 12.7 Å². The number of nitrogens with zero attached hydrogens (tertiary/aromatic N) is 3. The second-order valence-electron chi connectivity index (χ2n) is 7.24. The predicted molar refractivity (Wildman–Crippen MR) is 104 cm³/mol. The van der Waals surface area contributed by atoms with Gasteiger partial charge >= 0.3 is 0 Å². The number of aliphatic hydroxyl groups excluding tert-OH is 1. The monoisotopic (exact) mass is 380 g/mol. The third-order valence-corrected chi connectivity index (χ3v) is 5.77. The van der Waals surface area contributed by atoms with Gasteiger partial charge in [0.2, 0.25) is 0 Å². The summed E-state index contributed by atoms with van der Waals surface area (Å²) >= 11 is 6.59. The van der Waals surface area contributed by atoms with Gasteiger partial charge < -0.3 is 20.2 Å². The fourth-order valence-electron chi connectivity index (χ4n) is 3.83. The van der Waals surface area contributed by atoms with E-state index in [1.807, 2.05) is 18.2 Å². The van der Waals surface area contributed by atoms with Gasteiger partial charge in [-0.2, -0.15) is 0 Å². The van der Waals surface area contributed by atoms with Crippen LogP contribution >= 0.6 is 11.6 Å². The van der Waals surface area contributed by atoms with Crippen LogP contribution in [0.3, 0.4) is 0 Å². The van der Waals surface area contributed by atoms with Crippen molar-refractivity contribution in [3.8, 4) is 0 Å². The van der Waals surface area contributed by atoms with Gasteiger partial charge in [0.25, 0.3) is 0 Å². The Hall–Kier alpha value is -1.21. The van der Waals surface area contributed by atoms with Gasteiger partial charge in [0.05, 0.1) is 11.1 Å². The first-order valence-corrected chi connectivity index (χ1v) is 9.97. The summed E-state index contributed by atoms with van der Waals surface area (Å²) in [5.74, 6) is 0. The Balaban J connectivity index is 1.59. The van der Waals surface area contributed by atoms with Crippen LogP contribution in [0, 0.1) is 0 Å². The summed E-state index contributed by atoms with van der Waals surface area (Å²) in [6.07, 6.45) is 6.58. The van der Waals surface area contributed by atoms with Crippen LogP contribution in [0.2, 0.25) is 0 Å². The van der Waals surface area contributed by atoms with Gasteiger partial charge in [-0.05, 0) is 64.0 Å². The summed E-state index contributed by atoms with van der Waals surface area (Å²) in [7, 11) is 0. The van der Waals surface area contributed by atoms with Crippen LogP contribution in [0.1, 0.15) is 37.8 Å². The summed E-state index contributed by atoms with van der Waals surface area (Å²) in [4.78, 5) is 12.2. The third-order valence-electron chi connectivity index (χ3n) is 5.34. The van der Waals surface area contributed by atoms with Crippen molar-refractivity contribution in [2.75, 3.05) is 39.3 Å². The lowest BCUT2D eigenvalue weighted by atomic mass is 9.76. The smallest absolute Gasteiger partial charge is 0.157 e. The van der Waals surface area contributed by atoms with Gasteiger partial charge in [-0.25, -0.2) is 0 Å².